The summed E-state index contributed by atoms with van der Waals surface area (Å²) >= 11 is 2.38. The van der Waals surface area contributed by atoms with Crippen LogP contribution in [0.5, 0.6) is 11.6 Å². The van der Waals surface area contributed by atoms with Gasteiger partial charge in [-0.3, -0.25) is 0 Å². The maximum atomic E-state index is 9.32. The number of nitrogens with zero attached hydrogens (tertiary/aromatic N) is 5. The number of imidazole rings is 1. The Morgan fingerprint density at radius 3 is 2.01 bits per heavy atom. The third kappa shape index (κ3) is 6.83. The van der Waals surface area contributed by atoms with Crippen LogP contribution in [0, 0.1) is 10.7 Å². The zero-order valence-electron chi connectivity index (χ0n) is 43.9. The first-order valence-corrected chi connectivity index (χ1v) is 23.4. The van der Waals surface area contributed by atoms with Crippen LogP contribution >= 0.6 is 0 Å². The fourth-order valence-corrected chi connectivity index (χ4v) is 10.8. The zero-order valence-corrected chi connectivity index (χ0v) is 39.1. The molecule has 0 spiro atoms. The fourth-order valence-electron chi connectivity index (χ4n) is 9.68. The number of anilines is 4. The molecule has 0 bridgehead atoms. The Balaban J connectivity index is 1.01. The van der Waals surface area contributed by atoms with Gasteiger partial charge in [0.05, 0.1) is 5.48 Å². The molecule has 10 aromatic rings. The van der Waals surface area contributed by atoms with Crippen molar-refractivity contribution >= 4 is 46.4 Å². The molecule has 0 saturated heterocycles. The van der Waals surface area contributed by atoms with Crippen LogP contribution in [-0.4, -0.2) is 21.1 Å². The summed E-state index contributed by atoms with van der Waals surface area (Å²) in [5, 5.41) is 0. The normalized spacial score (nSPS) is 14.5. The molecule has 0 amide bonds. The van der Waals surface area contributed by atoms with Crippen LogP contribution in [-0.2, 0) is 24.8 Å². The van der Waals surface area contributed by atoms with Gasteiger partial charge in [-0.25, -0.2) is 0 Å². The Bertz CT molecular complexity index is 3980. The molecule has 2 aliphatic rings. The van der Waals surface area contributed by atoms with Crippen molar-refractivity contribution in [2.24, 2.45) is 0 Å². The number of aryl methyl sites for hydroxylation is 1. The van der Waals surface area contributed by atoms with Gasteiger partial charge in [0.2, 0.25) is 0 Å². The van der Waals surface area contributed by atoms with Crippen molar-refractivity contribution in [2.45, 2.75) is 33.0 Å². The molecule has 8 aromatic carbocycles. The first-order chi connectivity index (χ1) is 35.6. The molecular weight excluding hydrogens is 1000 g/mol. The average Bonchev–Trinajstić information content (AvgIpc) is 3.90. The summed E-state index contributed by atoms with van der Waals surface area (Å²) in [5.41, 5.74) is 12.9. The van der Waals surface area contributed by atoms with Gasteiger partial charge in [-0.05, 0) is 17.7 Å². The SMILES string of the molecule is [2H]c1c([2H])c([2H])c2c(c1[2H])B1N(c3cccc(Oc4cc(-n5[c](=[Pt])n(-c6c(-c7ccccc7)cccc6-c6cccc(C(C)(C)C)c6)c6ccccc65)ccc4C([2H])([2H])[2H])n3)c3ccccc3N1c1ccccc1-2. The summed E-state index contributed by atoms with van der Waals surface area (Å²) < 4.78 is 74.0. The van der Waals surface area contributed by atoms with E-state index >= 15 is 0 Å². The molecule has 0 radical (unpaired) electrons. The summed E-state index contributed by atoms with van der Waals surface area (Å²) in [6.45, 7) is 3.37. The topological polar surface area (TPSA) is 38.5 Å². The van der Waals surface area contributed by atoms with Crippen molar-refractivity contribution in [1.29, 1.82) is 0 Å². The number of fused-ring (bicyclic) bond motifs is 9. The summed E-state index contributed by atoms with van der Waals surface area (Å²) in [6, 6.07) is 59.0. The van der Waals surface area contributed by atoms with Crippen LogP contribution in [0.2, 0.25) is 0 Å². The molecule has 67 heavy (non-hydrogen) atoms. The smallest absolute Gasteiger partial charge is 0.0615 e. The third-order valence-corrected chi connectivity index (χ3v) is 13.8. The Morgan fingerprint density at radius 2 is 1.22 bits per heavy atom. The van der Waals surface area contributed by atoms with Crippen molar-refractivity contribution in [3.8, 4) is 56.4 Å². The number of aromatic nitrogens is 3. The second kappa shape index (κ2) is 16.1. The number of benzene rings is 8. The molecule has 0 unspecified atom stereocenters. The van der Waals surface area contributed by atoms with Crippen molar-refractivity contribution in [3.05, 3.63) is 221 Å². The summed E-state index contributed by atoms with van der Waals surface area (Å²) in [6.07, 6.45) is 0. The van der Waals surface area contributed by atoms with Gasteiger partial charge in [0.1, 0.15) is 0 Å². The number of rotatable bonds is 7. The van der Waals surface area contributed by atoms with Crippen LogP contribution in [0.3, 0.4) is 0 Å². The quantitative estimate of drug-likeness (QED) is 0.149. The van der Waals surface area contributed by atoms with Crippen LogP contribution in [0.15, 0.2) is 206 Å². The van der Waals surface area contributed by atoms with Gasteiger partial charge in [0.15, 0.2) is 0 Å². The number of hydrogen-bond acceptors (Lipinski definition) is 4. The Hall–Kier alpha value is -7.47. The standard InChI is InChI=1S/C59H46BN5O.Pt/c1-40-35-36-44(62-39-63(52-30-13-12-29-51(52)62)58-45(41-19-6-5-7-20-41)25-17-26-46(58)42-21-16-22-43(37-42)59(2,3)4)38-55(40)66-57-34-18-33-56(61-57)65-54-32-15-14-31-53(54)64-50-28-11-9-24-48(50)47-23-8-10-27-49(47)60(64)65;/h5-38H,1-4H3;/i1D3,8D,10D,23D,27D;. The van der Waals surface area contributed by atoms with E-state index in [4.69, 9.17) is 17.9 Å². The fraction of sp³-hybridized carbons (Fsp3) is 0.0847. The van der Waals surface area contributed by atoms with E-state index in [-0.39, 0.29) is 46.8 Å². The van der Waals surface area contributed by atoms with Crippen LogP contribution in [0.4, 0.5) is 22.9 Å². The van der Waals surface area contributed by atoms with Crippen molar-refractivity contribution in [2.75, 3.05) is 9.62 Å². The molecule has 2 aromatic heterocycles. The van der Waals surface area contributed by atoms with E-state index in [2.05, 4.69) is 133 Å². The molecule has 0 fully saturated rings. The molecule has 8 heteroatoms. The molecular formula is C59H46BN5OPt. The second-order valence-electron chi connectivity index (χ2n) is 17.8. The summed E-state index contributed by atoms with van der Waals surface area (Å²) in [7, 11) is 0. The molecule has 2 aliphatic heterocycles. The average molecular weight is 1050 g/mol. The van der Waals surface area contributed by atoms with Gasteiger partial charge in [-0.1, -0.05) is 54.5 Å². The molecule has 0 aliphatic carbocycles. The van der Waals surface area contributed by atoms with Crippen molar-refractivity contribution in [3.63, 3.8) is 0 Å². The number of ether oxygens (including phenoxy) is 1. The van der Waals surface area contributed by atoms with Crippen LogP contribution in [0.25, 0.3) is 55.8 Å². The second-order valence-corrected chi connectivity index (χ2v) is 18.8. The molecule has 0 saturated carbocycles. The number of hydrogen-bond donors (Lipinski definition) is 0. The summed E-state index contributed by atoms with van der Waals surface area (Å²) in [4.78, 5) is 9.15. The molecule has 0 N–H and O–H groups in total. The Kier molecular flexibility index (Phi) is 8.18. The predicted octanol–water partition coefficient (Wildman–Crippen LogP) is 14.3. The van der Waals surface area contributed by atoms with E-state index in [1.807, 2.05) is 83.7 Å². The van der Waals surface area contributed by atoms with Gasteiger partial charge >= 0.3 is 325 Å². The minimum Gasteiger partial charge on any atom is -0.0615 e. The van der Waals surface area contributed by atoms with Gasteiger partial charge in [0, 0.05) is 11.3 Å². The van der Waals surface area contributed by atoms with Crippen LogP contribution < -0.4 is 19.8 Å². The minimum atomic E-state index is -2.56. The molecule has 12 rings (SSSR count). The van der Waals surface area contributed by atoms with E-state index in [0.717, 1.165) is 59.8 Å². The molecule has 326 valence electrons. The Morgan fingerprint density at radius 1 is 0.582 bits per heavy atom. The molecule has 4 heterocycles. The number of pyridine rings is 1. The first kappa shape index (κ1) is 33.9. The van der Waals surface area contributed by atoms with Gasteiger partial charge in [-0.15, -0.1) is 0 Å². The first-order valence-electron chi connectivity index (χ1n) is 25.7. The molecule has 6 nitrogen and oxygen atoms in total. The monoisotopic (exact) mass is 1050 g/mol. The van der Waals surface area contributed by atoms with Crippen molar-refractivity contribution < 1.29 is 33.7 Å². The van der Waals surface area contributed by atoms with E-state index in [0.29, 0.717) is 28.1 Å². The van der Waals surface area contributed by atoms with Gasteiger partial charge in [-0.2, -0.15) is 0 Å². The van der Waals surface area contributed by atoms with E-state index < -0.39 is 13.8 Å². The predicted molar refractivity (Wildman–Crippen MR) is 272 cm³/mol. The van der Waals surface area contributed by atoms with Crippen LogP contribution in [0.1, 0.15) is 41.5 Å². The zero-order chi connectivity index (χ0) is 51.4. The summed E-state index contributed by atoms with van der Waals surface area (Å²) in [5.74, 6) is 0.667. The van der Waals surface area contributed by atoms with E-state index in [1.54, 1.807) is 24.3 Å². The van der Waals surface area contributed by atoms with Gasteiger partial charge in [0.25, 0.3) is 0 Å². The minimum absolute atomic E-state index is 0.00920. The third-order valence-electron chi connectivity index (χ3n) is 12.8. The Labute approximate surface area is 412 Å². The van der Waals surface area contributed by atoms with Crippen molar-refractivity contribution in [1.82, 2.24) is 14.1 Å². The molecule has 0 atom stereocenters. The van der Waals surface area contributed by atoms with E-state index in [1.165, 1.54) is 5.56 Å². The van der Waals surface area contributed by atoms with Gasteiger partial charge < -0.3 is 0 Å². The number of para-hydroxylation sites is 6. The van der Waals surface area contributed by atoms with E-state index in [9.17, 15) is 1.37 Å². The maximum absolute atomic E-state index is 9.32.